The molecule has 1 aliphatic heterocycles. The van der Waals surface area contributed by atoms with Crippen LogP contribution in [0.15, 0.2) is 0 Å². The van der Waals surface area contributed by atoms with Gasteiger partial charge in [0.05, 0.1) is 11.2 Å². The van der Waals surface area contributed by atoms with Crippen molar-refractivity contribution in [2.24, 2.45) is 5.73 Å². The largest absolute Gasteiger partial charge is 0.319 e. The predicted octanol–water partition coefficient (Wildman–Crippen LogP) is 2.64. The van der Waals surface area contributed by atoms with Crippen molar-refractivity contribution >= 4 is 11.3 Å². The summed E-state index contributed by atoms with van der Waals surface area (Å²) in [7, 11) is 0. The Labute approximate surface area is 113 Å². The molecule has 1 fully saturated rings. The first kappa shape index (κ1) is 12.6. The smallest absolute Gasteiger partial charge is 0.113 e. The Morgan fingerprint density at radius 2 is 2.11 bits per heavy atom. The summed E-state index contributed by atoms with van der Waals surface area (Å²) in [5.41, 5.74) is 7.81. The van der Waals surface area contributed by atoms with E-state index in [0.29, 0.717) is 0 Å². The number of hydrogen-bond acceptors (Lipinski definition) is 4. The van der Waals surface area contributed by atoms with Crippen molar-refractivity contribution in [3.8, 4) is 0 Å². The first-order valence-corrected chi connectivity index (χ1v) is 8.03. The lowest BCUT2D eigenvalue weighted by molar-refractivity contribution is 0.269. The van der Waals surface area contributed by atoms with E-state index in [1.807, 2.05) is 11.3 Å². The van der Waals surface area contributed by atoms with Gasteiger partial charge in [-0.1, -0.05) is 26.2 Å². The predicted molar refractivity (Wildman–Crippen MR) is 75.7 cm³/mol. The van der Waals surface area contributed by atoms with Crippen LogP contribution in [0.3, 0.4) is 0 Å². The van der Waals surface area contributed by atoms with Gasteiger partial charge in [-0.3, -0.25) is 4.90 Å². The lowest BCUT2D eigenvalue weighted by Crippen LogP contribution is -2.38. The molecule has 3 rings (SSSR count). The topological polar surface area (TPSA) is 42.2 Å². The minimum absolute atomic E-state index is 0.114. The molecule has 0 radical (unpaired) electrons. The van der Waals surface area contributed by atoms with Crippen LogP contribution in [0.2, 0.25) is 0 Å². The lowest BCUT2D eigenvalue weighted by atomic mass is 9.83. The summed E-state index contributed by atoms with van der Waals surface area (Å²) in [6, 6.07) is 0. The second kappa shape index (κ2) is 4.91. The molecule has 2 N–H and O–H groups in total. The zero-order valence-corrected chi connectivity index (χ0v) is 12.1. The van der Waals surface area contributed by atoms with Crippen LogP contribution < -0.4 is 5.73 Å². The average molecular weight is 265 g/mol. The van der Waals surface area contributed by atoms with Gasteiger partial charge < -0.3 is 5.73 Å². The van der Waals surface area contributed by atoms with E-state index in [4.69, 9.17) is 10.7 Å². The van der Waals surface area contributed by atoms with Gasteiger partial charge in [0.2, 0.25) is 0 Å². The fraction of sp³-hybridized carbons (Fsp3) is 0.786. The van der Waals surface area contributed by atoms with E-state index in [9.17, 15) is 0 Å². The van der Waals surface area contributed by atoms with Gasteiger partial charge in [0.1, 0.15) is 5.01 Å². The van der Waals surface area contributed by atoms with Crippen molar-refractivity contribution in [3.05, 3.63) is 15.6 Å². The molecule has 2 heterocycles. The first-order valence-electron chi connectivity index (χ1n) is 7.21. The van der Waals surface area contributed by atoms with Crippen molar-refractivity contribution in [2.75, 3.05) is 13.1 Å². The highest BCUT2D eigenvalue weighted by Crippen LogP contribution is 2.38. The standard InChI is InChI=1S/C14H23N3S/c1-2-17-9-6-11-12(10-17)18-13(16-11)14(15)7-4-3-5-8-14/h2-10,15H2,1H3. The molecule has 0 spiro atoms. The fourth-order valence-corrected chi connectivity index (χ4v) is 4.44. The van der Waals surface area contributed by atoms with Crippen molar-refractivity contribution in [2.45, 2.75) is 57.5 Å². The highest BCUT2D eigenvalue weighted by atomic mass is 32.1. The number of nitrogens with two attached hydrogens (primary N) is 1. The quantitative estimate of drug-likeness (QED) is 0.894. The highest BCUT2D eigenvalue weighted by Gasteiger charge is 2.34. The van der Waals surface area contributed by atoms with Gasteiger partial charge in [-0.25, -0.2) is 4.98 Å². The second-order valence-electron chi connectivity index (χ2n) is 5.72. The maximum absolute atomic E-state index is 6.59. The Kier molecular flexibility index (Phi) is 3.43. The molecule has 18 heavy (non-hydrogen) atoms. The molecular weight excluding hydrogens is 242 g/mol. The van der Waals surface area contributed by atoms with Crippen molar-refractivity contribution in [3.63, 3.8) is 0 Å². The molecule has 1 aromatic heterocycles. The molecule has 2 aliphatic rings. The van der Waals surface area contributed by atoms with Crippen molar-refractivity contribution in [1.82, 2.24) is 9.88 Å². The van der Waals surface area contributed by atoms with E-state index in [0.717, 1.165) is 38.9 Å². The van der Waals surface area contributed by atoms with Gasteiger partial charge in [-0.2, -0.15) is 0 Å². The molecule has 100 valence electrons. The van der Waals surface area contributed by atoms with Crippen LogP contribution in [0.1, 0.15) is 54.6 Å². The normalized spacial score (nSPS) is 23.9. The summed E-state index contributed by atoms with van der Waals surface area (Å²) >= 11 is 1.88. The third-order valence-corrected chi connectivity index (χ3v) is 5.73. The lowest BCUT2D eigenvalue weighted by Gasteiger charge is -2.31. The number of nitrogens with zero attached hydrogens (tertiary/aromatic N) is 2. The van der Waals surface area contributed by atoms with Crippen LogP contribution >= 0.6 is 11.3 Å². The summed E-state index contributed by atoms with van der Waals surface area (Å²) in [4.78, 5) is 8.84. The Balaban J connectivity index is 1.84. The molecule has 1 aliphatic carbocycles. The number of rotatable bonds is 2. The zero-order chi connectivity index (χ0) is 12.6. The molecule has 4 heteroatoms. The van der Waals surface area contributed by atoms with E-state index < -0.39 is 0 Å². The molecule has 3 nitrogen and oxygen atoms in total. The van der Waals surface area contributed by atoms with E-state index in [1.165, 1.54) is 34.8 Å². The van der Waals surface area contributed by atoms with E-state index in [2.05, 4.69) is 11.8 Å². The average Bonchev–Trinajstić information content (AvgIpc) is 2.83. The van der Waals surface area contributed by atoms with Gasteiger partial charge in [0.15, 0.2) is 0 Å². The van der Waals surface area contributed by atoms with Gasteiger partial charge in [0.25, 0.3) is 0 Å². The van der Waals surface area contributed by atoms with E-state index >= 15 is 0 Å². The van der Waals surface area contributed by atoms with Crippen LogP contribution in [-0.2, 0) is 18.5 Å². The van der Waals surface area contributed by atoms with Gasteiger partial charge in [-0.05, 0) is 19.4 Å². The molecule has 0 aromatic carbocycles. The maximum atomic E-state index is 6.59. The summed E-state index contributed by atoms with van der Waals surface area (Å²) in [5.74, 6) is 0. The number of aromatic nitrogens is 1. The number of hydrogen-bond donors (Lipinski definition) is 1. The van der Waals surface area contributed by atoms with E-state index in [1.54, 1.807) is 0 Å². The third-order valence-electron chi connectivity index (χ3n) is 4.43. The van der Waals surface area contributed by atoms with Crippen molar-refractivity contribution < 1.29 is 0 Å². The molecule has 0 saturated heterocycles. The third kappa shape index (κ3) is 2.22. The van der Waals surface area contributed by atoms with Crippen LogP contribution in [0.25, 0.3) is 0 Å². The minimum Gasteiger partial charge on any atom is -0.319 e. The minimum atomic E-state index is -0.114. The zero-order valence-electron chi connectivity index (χ0n) is 11.2. The molecule has 0 bridgehead atoms. The van der Waals surface area contributed by atoms with E-state index in [-0.39, 0.29) is 5.54 Å². The number of thiazole rings is 1. The van der Waals surface area contributed by atoms with Gasteiger partial charge >= 0.3 is 0 Å². The number of likely N-dealkylation sites (N-methyl/N-ethyl adjacent to an activating group) is 1. The Bertz CT molecular complexity index is 421. The monoisotopic (exact) mass is 265 g/mol. The summed E-state index contributed by atoms with van der Waals surface area (Å²) in [5, 5.41) is 1.21. The summed E-state index contributed by atoms with van der Waals surface area (Å²) < 4.78 is 0. The highest BCUT2D eigenvalue weighted by molar-refractivity contribution is 7.11. The maximum Gasteiger partial charge on any atom is 0.113 e. The molecule has 1 saturated carbocycles. The SMILES string of the molecule is CCN1CCc2nc(C3(N)CCCCC3)sc2C1. The van der Waals surface area contributed by atoms with Crippen LogP contribution in [0, 0.1) is 0 Å². The van der Waals surface area contributed by atoms with Gasteiger partial charge in [0, 0.05) is 24.4 Å². The Hall–Kier alpha value is -0.450. The summed E-state index contributed by atoms with van der Waals surface area (Å²) in [6.07, 6.45) is 7.22. The van der Waals surface area contributed by atoms with Crippen LogP contribution in [0.5, 0.6) is 0 Å². The van der Waals surface area contributed by atoms with Gasteiger partial charge in [-0.15, -0.1) is 11.3 Å². The fourth-order valence-electron chi connectivity index (χ4n) is 3.13. The first-order chi connectivity index (χ1) is 8.71. The summed E-state index contributed by atoms with van der Waals surface area (Å²) in [6.45, 7) is 5.61. The Morgan fingerprint density at radius 1 is 1.33 bits per heavy atom. The van der Waals surface area contributed by atoms with Crippen molar-refractivity contribution in [1.29, 1.82) is 0 Å². The molecule has 0 amide bonds. The number of fused-ring (bicyclic) bond motifs is 1. The molecule has 0 atom stereocenters. The Morgan fingerprint density at radius 3 is 2.83 bits per heavy atom. The second-order valence-corrected chi connectivity index (χ2v) is 6.81. The van der Waals surface area contributed by atoms with Crippen LogP contribution in [0.4, 0.5) is 0 Å². The van der Waals surface area contributed by atoms with Crippen LogP contribution in [-0.4, -0.2) is 23.0 Å². The molecular formula is C14H23N3S. The molecule has 1 aromatic rings. The molecule has 0 unspecified atom stereocenters.